The second-order valence-corrected chi connectivity index (χ2v) is 3.69. The van der Waals surface area contributed by atoms with E-state index in [1.54, 1.807) is 12.1 Å². The summed E-state index contributed by atoms with van der Waals surface area (Å²) in [4.78, 5) is 0. The van der Waals surface area contributed by atoms with Crippen LogP contribution in [0.3, 0.4) is 0 Å². The maximum absolute atomic E-state index is 13.5. The normalized spacial score (nSPS) is 10.5. The number of halogens is 1. The predicted molar refractivity (Wildman–Crippen MR) is 59.0 cm³/mol. The van der Waals surface area contributed by atoms with E-state index in [1.165, 1.54) is 18.4 Å². The molecule has 0 radical (unpaired) electrons. The van der Waals surface area contributed by atoms with Gasteiger partial charge in [-0.3, -0.25) is 0 Å². The first-order chi connectivity index (χ1) is 6.79. The zero-order chi connectivity index (χ0) is 10.4. The topological polar surface area (TPSA) is 0 Å². The molecule has 0 atom stereocenters. The summed E-state index contributed by atoms with van der Waals surface area (Å²) < 4.78 is 13.5. The Morgan fingerprint density at radius 1 is 1.14 bits per heavy atom. The molecule has 0 unspecified atom stereocenters. The van der Waals surface area contributed by atoms with E-state index in [9.17, 15) is 4.39 Å². The molecule has 1 aromatic rings. The van der Waals surface area contributed by atoms with Crippen LogP contribution in [0.2, 0.25) is 0 Å². The predicted octanol–water partition coefficient (Wildman–Crippen LogP) is 4.12. The molecule has 0 nitrogen and oxygen atoms in total. The third-order valence-electron chi connectivity index (χ3n) is 2.63. The molecule has 1 aromatic carbocycles. The number of unbranched alkanes of at least 4 members (excludes halogenated alkanes) is 2. The molecule has 0 spiro atoms. The highest BCUT2D eigenvalue weighted by Gasteiger charge is 2.05. The molecule has 0 saturated carbocycles. The summed E-state index contributed by atoms with van der Waals surface area (Å²) in [6, 6.07) is 5.41. The minimum atomic E-state index is -0.0274. The van der Waals surface area contributed by atoms with Crippen LogP contribution in [0, 0.1) is 5.82 Å². The largest absolute Gasteiger partial charge is 0.207 e. The molecule has 0 N–H and O–H groups in total. The lowest BCUT2D eigenvalue weighted by Gasteiger charge is -2.08. The van der Waals surface area contributed by atoms with Crippen molar-refractivity contribution in [2.24, 2.45) is 0 Å². The van der Waals surface area contributed by atoms with Gasteiger partial charge in [0, 0.05) is 0 Å². The van der Waals surface area contributed by atoms with Crippen LogP contribution in [0.25, 0.3) is 0 Å². The quantitative estimate of drug-likeness (QED) is 0.618. The Morgan fingerprint density at radius 3 is 2.57 bits per heavy atom. The summed E-state index contributed by atoms with van der Waals surface area (Å²) in [6.07, 6.45) is 5.31. The van der Waals surface area contributed by atoms with Gasteiger partial charge < -0.3 is 0 Å². The van der Waals surface area contributed by atoms with Crippen molar-refractivity contribution in [3.05, 3.63) is 35.1 Å². The van der Waals surface area contributed by atoms with E-state index in [2.05, 4.69) is 13.8 Å². The van der Waals surface area contributed by atoms with Gasteiger partial charge in [0.25, 0.3) is 0 Å². The fourth-order valence-electron chi connectivity index (χ4n) is 1.77. The molecule has 0 heterocycles. The first kappa shape index (κ1) is 11.2. The summed E-state index contributed by atoms with van der Waals surface area (Å²) >= 11 is 0. The van der Waals surface area contributed by atoms with E-state index in [1.807, 2.05) is 6.07 Å². The van der Waals surface area contributed by atoms with Crippen molar-refractivity contribution in [2.45, 2.75) is 46.0 Å². The number of benzene rings is 1. The second kappa shape index (κ2) is 5.79. The standard InChI is InChI=1S/C13H19F/c1-3-5-6-9-12-11(4-2)8-7-10-13(12)14/h7-8,10H,3-6,9H2,1-2H3. The Hall–Kier alpha value is -0.850. The van der Waals surface area contributed by atoms with Crippen LogP contribution < -0.4 is 0 Å². The Kier molecular flexibility index (Phi) is 4.64. The van der Waals surface area contributed by atoms with Gasteiger partial charge in [0.05, 0.1) is 0 Å². The van der Waals surface area contributed by atoms with Crippen LogP contribution in [-0.4, -0.2) is 0 Å². The Balaban J connectivity index is 2.72. The van der Waals surface area contributed by atoms with Crippen LogP contribution >= 0.6 is 0 Å². The SMILES string of the molecule is CCCCCc1c(F)cccc1CC. The van der Waals surface area contributed by atoms with E-state index < -0.39 is 0 Å². The van der Waals surface area contributed by atoms with Crippen LogP contribution in [0.5, 0.6) is 0 Å². The maximum atomic E-state index is 13.5. The lowest BCUT2D eigenvalue weighted by atomic mass is 9.99. The van der Waals surface area contributed by atoms with Gasteiger partial charge in [0.2, 0.25) is 0 Å². The van der Waals surface area contributed by atoms with Gasteiger partial charge in [-0.2, -0.15) is 0 Å². The fraction of sp³-hybridized carbons (Fsp3) is 0.538. The van der Waals surface area contributed by atoms with Gasteiger partial charge >= 0.3 is 0 Å². The minimum absolute atomic E-state index is 0.0274. The lowest BCUT2D eigenvalue weighted by Crippen LogP contribution is -1.97. The fourth-order valence-corrected chi connectivity index (χ4v) is 1.77. The van der Waals surface area contributed by atoms with E-state index in [0.29, 0.717) is 0 Å². The van der Waals surface area contributed by atoms with Crippen LogP contribution in [0.15, 0.2) is 18.2 Å². The lowest BCUT2D eigenvalue weighted by molar-refractivity contribution is 0.595. The zero-order valence-corrected chi connectivity index (χ0v) is 9.15. The number of hydrogen-bond acceptors (Lipinski definition) is 0. The van der Waals surface area contributed by atoms with Gasteiger partial charge in [0.1, 0.15) is 5.82 Å². The van der Waals surface area contributed by atoms with Gasteiger partial charge in [0.15, 0.2) is 0 Å². The Bertz CT molecular complexity index is 279. The molecule has 0 bridgehead atoms. The summed E-state index contributed by atoms with van der Waals surface area (Å²) in [6.45, 7) is 4.25. The van der Waals surface area contributed by atoms with E-state index in [-0.39, 0.29) is 5.82 Å². The molecular formula is C13H19F. The molecule has 0 aliphatic heterocycles. The minimum Gasteiger partial charge on any atom is -0.207 e. The third-order valence-corrected chi connectivity index (χ3v) is 2.63. The molecular weight excluding hydrogens is 175 g/mol. The molecule has 0 fully saturated rings. The van der Waals surface area contributed by atoms with Crippen LogP contribution in [-0.2, 0) is 12.8 Å². The average Bonchev–Trinajstić information content (AvgIpc) is 2.20. The van der Waals surface area contributed by atoms with Gasteiger partial charge in [-0.25, -0.2) is 4.39 Å². The van der Waals surface area contributed by atoms with E-state index >= 15 is 0 Å². The van der Waals surface area contributed by atoms with E-state index in [4.69, 9.17) is 0 Å². The smallest absolute Gasteiger partial charge is 0.126 e. The average molecular weight is 194 g/mol. The number of rotatable bonds is 5. The van der Waals surface area contributed by atoms with Crippen molar-refractivity contribution in [3.63, 3.8) is 0 Å². The van der Waals surface area contributed by atoms with E-state index in [0.717, 1.165) is 24.8 Å². The van der Waals surface area contributed by atoms with Crippen molar-refractivity contribution < 1.29 is 4.39 Å². The molecule has 0 aliphatic rings. The molecule has 0 amide bonds. The first-order valence-electron chi connectivity index (χ1n) is 5.55. The first-order valence-corrected chi connectivity index (χ1v) is 5.55. The molecule has 0 saturated heterocycles. The Morgan fingerprint density at radius 2 is 1.93 bits per heavy atom. The van der Waals surface area contributed by atoms with Crippen molar-refractivity contribution in [1.82, 2.24) is 0 Å². The second-order valence-electron chi connectivity index (χ2n) is 3.69. The molecule has 78 valence electrons. The highest BCUT2D eigenvalue weighted by molar-refractivity contribution is 5.28. The summed E-state index contributed by atoms with van der Waals surface area (Å²) in [7, 11) is 0. The third kappa shape index (κ3) is 2.83. The highest BCUT2D eigenvalue weighted by atomic mass is 19.1. The van der Waals surface area contributed by atoms with Gasteiger partial charge in [-0.1, -0.05) is 38.8 Å². The van der Waals surface area contributed by atoms with Crippen LogP contribution in [0.4, 0.5) is 4.39 Å². The van der Waals surface area contributed by atoms with Crippen LogP contribution in [0.1, 0.15) is 44.2 Å². The van der Waals surface area contributed by atoms with Gasteiger partial charge in [-0.15, -0.1) is 0 Å². The Labute approximate surface area is 86.2 Å². The number of aryl methyl sites for hydroxylation is 1. The molecule has 0 aliphatic carbocycles. The summed E-state index contributed by atoms with van der Waals surface area (Å²) in [5.74, 6) is -0.0274. The van der Waals surface area contributed by atoms with Crippen molar-refractivity contribution in [2.75, 3.05) is 0 Å². The number of hydrogen-bond donors (Lipinski definition) is 0. The van der Waals surface area contributed by atoms with Crippen molar-refractivity contribution in [1.29, 1.82) is 0 Å². The summed E-state index contributed by atoms with van der Waals surface area (Å²) in [5, 5.41) is 0. The molecule has 0 aromatic heterocycles. The molecule has 1 heteroatoms. The van der Waals surface area contributed by atoms with Crippen molar-refractivity contribution >= 4 is 0 Å². The maximum Gasteiger partial charge on any atom is 0.126 e. The molecule has 1 rings (SSSR count). The zero-order valence-electron chi connectivity index (χ0n) is 9.15. The van der Waals surface area contributed by atoms with Gasteiger partial charge in [-0.05, 0) is 36.5 Å². The monoisotopic (exact) mass is 194 g/mol. The van der Waals surface area contributed by atoms with Crippen molar-refractivity contribution in [3.8, 4) is 0 Å². The highest BCUT2D eigenvalue weighted by Crippen LogP contribution is 2.17. The summed E-state index contributed by atoms with van der Waals surface area (Å²) in [5.41, 5.74) is 2.10. The molecule has 14 heavy (non-hydrogen) atoms.